The molecule has 0 spiro atoms. The van der Waals surface area contributed by atoms with Crippen LogP contribution in [0.5, 0.6) is 5.75 Å². The zero-order valence-corrected chi connectivity index (χ0v) is 7.41. The Balaban J connectivity index is 2.58. The smallest absolute Gasteiger partial charge is 0.133 e. The first-order valence-electron chi connectivity index (χ1n) is 4.03. The van der Waals surface area contributed by atoms with E-state index in [-0.39, 0.29) is 5.75 Å². The summed E-state index contributed by atoms with van der Waals surface area (Å²) in [5.41, 5.74) is 0.995. The second-order valence-electron chi connectivity index (χ2n) is 2.90. The van der Waals surface area contributed by atoms with Crippen molar-refractivity contribution in [2.24, 2.45) is 0 Å². The first kappa shape index (κ1) is 9.00. The topological polar surface area (TPSA) is 45.1 Å². The van der Waals surface area contributed by atoms with Gasteiger partial charge in [-0.15, -0.1) is 0 Å². The van der Waals surface area contributed by atoms with Gasteiger partial charge in [-0.05, 0) is 26.1 Å². The number of likely N-dealkylation sites (N-methyl/N-ethyl adjacent to an activating group) is 1. The molecule has 0 amide bonds. The highest BCUT2D eigenvalue weighted by Gasteiger charge is 2.00. The number of nitrogens with zero attached hydrogens (tertiary/aromatic N) is 1. The molecular weight excluding hydrogens is 152 g/mol. The highest BCUT2D eigenvalue weighted by Crippen LogP contribution is 2.07. The molecule has 1 aromatic rings. The number of nitrogens with one attached hydrogen (secondary N) is 1. The molecule has 1 rings (SSSR count). The Hall–Kier alpha value is -1.09. The van der Waals surface area contributed by atoms with E-state index in [4.69, 9.17) is 5.11 Å². The number of hydrogen-bond donors (Lipinski definition) is 2. The van der Waals surface area contributed by atoms with E-state index < -0.39 is 0 Å². The molecule has 0 radical (unpaired) electrons. The molecule has 0 aromatic carbocycles. The fourth-order valence-electron chi connectivity index (χ4n) is 0.953. The van der Waals surface area contributed by atoms with Gasteiger partial charge in [0.2, 0.25) is 0 Å². The van der Waals surface area contributed by atoms with Crippen molar-refractivity contribution in [3.8, 4) is 5.75 Å². The quantitative estimate of drug-likeness (QED) is 0.702. The lowest BCUT2D eigenvalue weighted by Crippen LogP contribution is -2.23. The van der Waals surface area contributed by atoms with Gasteiger partial charge in [-0.2, -0.15) is 0 Å². The van der Waals surface area contributed by atoms with Gasteiger partial charge in [-0.1, -0.05) is 0 Å². The summed E-state index contributed by atoms with van der Waals surface area (Å²) in [5, 5.41) is 12.1. The summed E-state index contributed by atoms with van der Waals surface area (Å²) in [5.74, 6) is 0.218. The molecule has 0 fully saturated rings. The molecule has 0 aliphatic heterocycles. The van der Waals surface area contributed by atoms with Gasteiger partial charge in [0.25, 0.3) is 0 Å². The van der Waals surface area contributed by atoms with Crippen molar-refractivity contribution >= 4 is 0 Å². The van der Waals surface area contributed by atoms with Crippen LogP contribution in [-0.4, -0.2) is 23.2 Å². The van der Waals surface area contributed by atoms with Crippen LogP contribution in [-0.2, 0) is 6.42 Å². The molecule has 1 atom stereocenters. The van der Waals surface area contributed by atoms with Crippen LogP contribution in [0.3, 0.4) is 0 Å². The fraction of sp³-hybridized carbons (Fsp3) is 0.444. The van der Waals surface area contributed by atoms with Crippen LogP contribution in [0.4, 0.5) is 0 Å². The van der Waals surface area contributed by atoms with Gasteiger partial charge in [-0.3, -0.25) is 4.98 Å². The fourth-order valence-corrected chi connectivity index (χ4v) is 0.953. The van der Waals surface area contributed by atoms with Gasteiger partial charge >= 0.3 is 0 Å². The molecule has 3 heteroatoms. The third kappa shape index (κ3) is 2.51. The zero-order valence-electron chi connectivity index (χ0n) is 7.41. The summed E-state index contributed by atoms with van der Waals surface area (Å²) in [4.78, 5) is 4.08. The number of hydrogen-bond acceptors (Lipinski definition) is 3. The standard InChI is InChI=1S/C9H14N2O/c1-7(10-2)5-8-3-4-9(12)6-11-8/h3-4,6-7,10,12H,5H2,1-2H3. The van der Waals surface area contributed by atoms with Crippen LogP contribution in [0.15, 0.2) is 18.3 Å². The maximum absolute atomic E-state index is 8.97. The van der Waals surface area contributed by atoms with Crippen LogP contribution in [0.2, 0.25) is 0 Å². The molecule has 0 bridgehead atoms. The lowest BCUT2D eigenvalue weighted by Gasteiger charge is -2.08. The molecule has 0 aliphatic rings. The summed E-state index contributed by atoms with van der Waals surface area (Å²) < 4.78 is 0. The molecular formula is C9H14N2O. The van der Waals surface area contributed by atoms with Crippen molar-refractivity contribution < 1.29 is 5.11 Å². The average Bonchev–Trinajstić information content (AvgIpc) is 2.09. The molecule has 12 heavy (non-hydrogen) atoms. The highest BCUT2D eigenvalue weighted by molar-refractivity contribution is 5.18. The van der Waals surface area contributed by atoms with Crippen molar-refractivity contribution in [3.05, 3.63) is 24.0 Å². The van der Waals surface area contributed by atoms with Gasteiger partial charge in [-0.25, -0.2) is 0 Å². The van der Waals surface area contributed by atoms with Gasteiger partial charge in [0, 0.05) is 18.2 Å². The van der Waals surface area contributed by atoms with E-state index in [2.05, 4.69) is 17.2 Å². The third-order valence-electron chi connectivity index (χ3n) is 1.82. The Morgan fingerprint density at radius 1 is 1.58 bits per heavy atom. The summed E-state index contributed by atoms with van der Waals surface area (Å²) in [6.45, 7) is 2.09. The van der Waals surface area contributed by atoms with E-state index in [0.29, 0.717) is 6.04 Å². The minimum absolute atomic E-state index is 0.218. The first-order chi connectivity index (χ1) is 5.72. The van der Waals surface area contributed by atoms with E-state index >= 15 is 0 Å². The predicted octanol–water partition coefficient (Wildman–Crippen LogP) is 0.938. The lowest BCUT2D eigenvalue weighted by atomic mass is 10.2. The summed E-state index contributed by atoms with van der Waals surface area (Å²) in [6, 6.07) is 3.91. The van der Waals surface area contributed by atoms with Gasteiger partial charge in [0.05, 0.1) is 6.20 Å². The highest BCUT2D eigenvalue weighted by atomic mass is 16.3. The van der Waals surface area contributed by atoms with Gasteiger partial charge < -0.3 is 10.4 Å². The summed E-state index contributed by atoms with van der Waals surface area (Å²) in [6.07, 6.45) is 2.36. The van der Waals surface area contributed by atoms with Crippen LogP contribution < -0.4 is 5.32 Å². The second-order valence-corrected chi connectivity index (χ2v) is 2.90. The predicted molar refractivity (Wildman–Crippen MR) is 48.1 cm³/mol. The van der Waals surface area contributed by atoms with E-state index in [1.54, 1.807) is 6.07 Å². The Bertz CT molecular complexity index is 233. The van der Waals surface area contributed by atoms with Crippen molar-refractivity contribution in [2.75, 3.05) is 7.05 Å². The molecule has 66 valence electrons. The third-order valence-corrected chi connectivity index (χ3v) is 1.82. The largest absolute Gasteiger partial charge is 0.506 e. The Kier molecular flexibility index (Phi) is 3.05. The minimum Gasteiger partial charge on any atom is -0.506 e. The van der Waals surface area contributed by atoms with Crippen molar-refractivity contribution in [3.63, 3.8) is 0 Å². The zero-order chi connectivity index (χ0) is 8.97. The first-order valence-corrected chi connectivity index (χ1v) is 4.03. The SMILES string of the molecule is CNC(C)Cc1ccc(O)cn1. The molecule has 0 saturated heterocycles. The van der Waals surface area contributed by atoms with Gasteiger partial charge in [0.15, 0.2) is 0 Å². The second kappa shape index (κ2) is 4.07. The number of rotatable bonds is 3. The monoisotopic (exact) mass is 166 g/mol. The van der Waals surface area contributed by atoms with Crippen LogP contribution in [0, 0.1) is 0 Å². The molecule has 0 aliphatic carbocycles. The maximum atomic E-state index is 8.97. The minimum atomic E-state index is 0.218. The summed E-state index contributed by atoms with van der Waals surface area (Å²) >= 11 is 0. The van der Waals surface area contributed by atoms with E-state index in [1.807, 2.05) is 13.1 Å². The maximum Gasteiger partial charge on any atom is 0.133 e. The van der Waals surface area contributed by atoms with Crippen molar-refractivity contribution in [1.29, 1.82) is 0 Å². The van der Waals surface area contributed by atoms with Crippen molar-refractivity contribution in [2.45, 2.75) is 19.4 Å². The molecule has 1 unspecified atom stereocenters. The average molecular weight is 166 g/mol. The molecule has 2 N–H and O–H groups in total. The van der Waals surface area contributed by atoms with E-state index in [9.17, 15) is 0 Å². The number of aromatic hydroxyl groups is 1. The Labute approximate surface area is 72.5 Å². The van der Waals surface area contributed by atoms with E-state index in [1.165, 1.54) is 6.20 Å². The summed E-state index contributed by atoms with van der Waals surface area (Å²) in [7, 11) is 1.92. The Morgan fingerprint density at radius 3 is 2.83 bits per heavy atom. The Morgan fingerprint density at radius 2 is 2.33 bits per heavy atom. The molecule has 1 aromatic heterocycles. The molecule has 0 saturated carbocycles. The number of aromatic nitrogens is 1. The van der Waals surface area contributed by atoms with Crippen molar-refractivity contribution in [1.82, 2.24) is 10.3 Å². The van der Waals surface area contributed by atoms with Crippen LogP contribution in [0.25, 0.3) is 0 Å². The molecule has 3 nitrogen and oxygen atoms in total. The normalized spacial score (nSPS) is 12.8. The van der Waals surface area contributed by atoms with Gasteiger partial charge in [0.1, 0.15) is 5.75 Å². The number of pyridine rings is 1. The van der Waals surface area contributed by atoms with Crippen LogP contribution in [0.1, 0.15) is 12.6 Å². The lowest BCUT2D eigenvalue weighted by molar-refractivity contribution is 0.471. The molecule has 1 heterocycles. The van der Waals surface area contributed by atoms with E-state index in [0.717, 1.165) is 12.1 Å². The van der Waals surface area contributed by atoms with Crippen LogP contribution >= 0.6 is 0 Å².